The summed E-state index contributed by atoms with van der Waals surface area (Å²) in [7, 11) is 1.64. The van der Waals surface area contributed by atoms with Gasteiger partial charge in [0.2, 0.25) is 11.8 Å². The lowest BCUT2D eigenvalue weighted by Gasteiger charge is -2.39. The lowest BCUT2D eigenvalue weighted by Crippen LogP contribution is -2.48. The predicted octanol–water partition coefficient (Wildman–Crippen LogP) is 4.31. The molecule has 1 saturated heterocycles. The largest absolute Gasteiger partial charge is 0.481 e. The van der Waals surface area contributed by atoms with E-state index >= 15 is 0 Å². The van der Waals surface area contributed by atoms with Crippen molar-refractivity contribution in [3.8, 4) is 5.88 Å². The highest BCUT2D eigenvalue weighted by atomic mass is 35.5. The van der Waals surface area contributed by atoms with Gasteiger partial charge in [-0.25, -0.2) is 14.1 Å². The van der Waals surface area contributed by atoms with Gasteiger partial charge in [0, 0.05) is 55.3 Å². The van der Waals surface area contributed by atoms with Gasteiger partial charge in [-0.05, 0) is 60.9 Å². The summed E-state index contributed by atoms with van der Waals surface area (Å²) in [5.74, 6) is 2.52. The molecule has 2 aromatic heterocycles. The number of halogens is 2. The van der Waals surface area contributed by atoms with Gasteiger partial charge in [-0.1, -0.05) is 11.6 Å². The molecule has 1 saturated carbocycles. The molecule has 2 fully saturated rings. The Morgan fingerprint density at radius 1 is 1.17 bits per heavy atom. The number of hydrogen-bond donors (Lipinski definition) is 1. The quantitative estimate of drug-likeness (QED) is 0.561. The fraction of sp³-hybridized carbons (Fsp3) is 0.480. The van der Waals surface area contributed by atoms with E-state index in [9.17, 15) is 4.39 Å². The van der Waals surface area contributed by atoms with Crippen LogP contribution in [0.5, 0.6) is 5.88 Å². The van der Waals surface area contributed by atoms with Crippen molar-refractivity contribution in [3.05, 3.63) is 58.8 Å². The van der Waals surface area contributed by atoms with E-state index in [0.29, 0.717) is 59.3 Å². The van der Waals surface area contributed by atoms with Crippen LogP contribution >= 0.6 is 11.6 Å². The number of ether oxygens (including phenoxy) is 2. The molecule has 1 N–H and O–H groups in total. The third kappa shape index (κ3) is 4.43. The van der Waals surface area contributed by atoms with Crippen molar-refractivity contribution in [2.24, 2.45) is 11.8 Å². The monoisotopic (exact) mass is 498 g/mol. The Hall–Kier alpha value is -2.91. The molecule has 0 radical (unpaired) electrons. The van der Waals surface area contributed by atoms with Crippen LogP contribution in [0.1, 0.15) is 36.8 Å². The van der Waals surface area contributed by atoms with E-state index in [-0.39, 0.29) is 5.82 Å². The smallest absolute Gasteiger partial charge is 0.242 e. The SMILES string of the molecule is COc1cc(N2C[C@H]3CC[C@@H](C2)[C@@H]3Nc2nc3n(n2)CCCO[C@@H]3c2cc(F)cc(Cl)c2)ccn1. The van der Waals surface area contributed by atoms with Crippen LogP contribution in [0.15, 0.2) is 36.5 Å². The minimum atomic E-state index is -0.506. The Labute approximate surface area is 208 Å². The highest BCUT2D eigenvalue weighted by Crippen LogP contribution is 2.40. The molecule has 3 aromatic rings. The first kappa shape index (κ1) is 22.5. The minimum Gasteiger partial charge on any atom is -0.481 e. The van der Waals surface area contributed by atoms with Crippen molar-refractivity contribution < 1.29 is 13.9 Å². The number of pyridine rings is 1. The minimum absolute atomic E-state index is 0.310. The van der Waals surface area contributed by atoms with Gasteiger partial charge in [0.15, 0.2) is 5.82 Å². The Balaban J connectivity index is 1.21. The van der Waals surface area contributed by atoms with Gasteiger partial charge in [0.25, 0.3) is 0 Å². The molecule has 6 rings (SSSR count). The van der Waals surface area contributed by atoms with Crippen LogP contribution in [0.2, 0.25) is 5.02 Å². The second-order valence-electron chi connectivity index (χ2n) is 9.55. The molecule has 10 heteroatoms. The number of hydrogen-bond acceptors (Lipinski definition) is 7. The molecule has 1 aliphatic carbocycles. The number of rotatable bonds is 5. The van der Waals surface area contributed by atoms with E-state index < -0.39 is 6.10 Å². The second kappa shape index (κ2) is 9.28. The topological polar surface area (TPSA) is 77.3 Å². The lowest BCUT2D eigenvalue weighted by atomic mass is 9.92. The van der Waals surface area contributed by atoms with E-state index in [2.05, 4.69) is 15.2 Å². The summed E-state index contributed by atoms with van der Waals surface area (Å²) in [4.78, 5) is 11.5. The zero-order valence-corrected chi connectivity index (χ0v) is 20.3. The van der Waals surface area contributed by atoms with Crippen molar-refractivity contribution in [2.75, 3.05) is 37.0 Å². The predicted molar refractivity (Wildman–Crippen MR) is 130 cm³/mol. The van der Waals surface area contributed by atoms with Crippen LogP contribution in [0, 0.1) is 17.7 Å². The summed E-state index contributed by atoms with van der Waals surface area (Å²) < 4.78 is 27.3. The fourth-order valence-electron chi connectivity index (χ4n) is 5.76. The molecular formula is C25H28ClFN6O2. The summed E-state index contributed by atoms with van der Waals surface area (Å²) >= 11 is 6.12. The van der Waals surface area contributed by atoms with E-state index in [1.807, 2.05) is 16.8 Å². The summed E-state index contributed by atoms with van der Waals surface area (Å²) in [5, 5.41) is 8.76. The standard InChI is InChI=1S/C25H28ClFN6O2/c1-34-21-12-20(5-6-28-21)32-13-15-3-4-16(14-32)22(15)29-25-30-24-23(35-8-2-7-33(24)31-25)17-9-18(26)11-19(27)10-17/h5-6,9-12,15-16,22-23H,2-4,7-8,13-14H2,1H3,(H,29,31)/t15-,16+,22-,23-/m1/s1. The number of nitrogens with zero attached hydrogens (tertiary/aromatic N) is 5. The molecular weight excluding hydrogens is 471 g/mol. The molecule has 0 unspecified atom stereocenters. The molecule has 8 nitrogen and oxygen atoms in total. The van der Waals surface area contributed by atoms with Gasteiger partial charge < -0.3 is 19.7 Å². The van der Waals surface area contributed by atoms with Gasteiger partial charge in [0.1, 0.15) is 11.9 Å². The van der Waals surface area contributed by atoms with Gasteiger partial charge in [-0.15, -0.1) is 5.10 Å². The maximum atomic E-state index is 14.1. The highest BCUT2D eigenvalue weighted by molar-refractivity contribution is 6.30. The zero-order chi connectivity index (χ0) is 23.9. The number of anilines is 2. The number of piperidine rings is 1. The number of aromatic nitrogens is 4. The molecule has 184 valence electrons. The van der Waals surface area contributed by atoms with E-state index in [4.69, 9.17) is 31.2 Å². The molecule has 2 aliphatic heterocycles. The van der Waals surface area contributed by atoms with Crippen LogP contribution < -0.4 is 15.0 Å². The molecule has 1 aromatic carbocycles. The number of fused-ring (bicyclic) bond motifs is 3. The van der Waals surface area contributed by atoms with Gasteiger partial charge in [-0.2, -0.15) is 4.98 Å². The van der Waals surface area contributed by atoms with Crippen LogP contribution in [0.25, 0.3) is 0 Å². The first-order chi connectivity index (χ1) is 17.1. The normalized spacial score (nSPS) is 25.7. The summed E-state index contributed by atoms with van der Waals surface area (Å²) in [6.07, 6.45) is 4.44. The van der Waals surface area contributed by atoms with Crippen molar-refractivity contribution in [2.45, 2.75) is 38.0 Å². The average Bonchev–Trinajstić information content (AvgIpc) is 3.25. The lowest BCUT2D eigenvalue weighted by molar-refractivity contribution is 0.0810. The van der Waals surface area contributed by atoms with E-state index in [1.165, 1.54) is 25.0 Å². The Morgan fingerprint density at radius 2 is 2.00 bits per heavy atom. The van der Waals surface area contributed by atoms with Crippen LogP contribution in [0.4, 0.5) is 16.0 Å². The summed E-state index contributed by atoms with van der Waals surface area (Å²) in [6.45, 7) is 3.18. The molecule has 4 atom stereocenters. The Kier molecular flexibility index (Phi) is 5.98. The van der Waals surface area contributed by atoms with Gasteiger partial charge in [0.05, 0.1) is 7.11 Å². The maximum Gasteiger partial charge on any atom is 0.242 e. The highest BCUT2D eigenvalue weighted by Gasteiger charge is 2.43. The van der Waals surface area contributed by atoms with Crippen molar-refractivity contribution in [1.82, 2.24) is 19.7 Å². The Morgan fingerprint density at radius 3 is 2.77 bits per heavy atom. The Bertz CT molecular complexity index is 1190. The molecule has 0 spiro atoms. The first-order valence-corrected chi connectivity index (χ1v) is 12.5. The van der Waals surface area contributed by atoms with Gasteiger partial charge in [-0.3, -0.25) is 0 Å². The molecule has 3 aliphatic rings. The van der Waals surface area contributed by atoms with Crippen LogP contribution in [-0.2, 0) is 11.3 Å². The van der Waals surface area contributed by atoms with Crippen molar-refractivity contribution in [1.29, 1.82) is 0 Å². The van der Waals surface area contributed by atoms with Crippen molar-refractivity contribution in [3.63, 3.8) is 0 Å². The average molecular weight is 499 g/mol. The number of benzene rings is 1. The van der Waals surface area contributed by atoms with E-state index in [0.717, 1.165) is 25.2 Å². The molecule has 0 amide bonds. The van der Waals surface area contributed by atoms with Gasteiger partial charge >= 0.3 is 0 Å². The summed E-state index contributed by atoms with van der Waals surface area (Å²) in [5.41, 5.74) is 1.80. The number of methoxy groups -OCH3 is 1. The van der Waals surface area contributed by atoms with Crippen LogP contribution in [-0.4, -0.2) is 52.6 Å². The zero-order valence-electron chi connectivity index (χ0n) is 19.5. The number of nitrogens with one attached hydrogen (secondary N) is 1. The van der Waals surface area contributed by atoms with Crippen LogP contribution in [0.3, 0.4) is 0 Å². The fourth-order valence-corrected chi connectivity index (χ4v) is 5.99. The van der Waals surface area contributed by atoms with Crippen molar-refractivity contribution >= 4 is 23.2 Å². The first-order valence-electron chi connectivity index (χ1n) is 12.1. The maximum absolute atomic E-state index is 14.1. The summed E-state index contributed by atoms with van der Waals surface area (Å²) in [6, 6.07) is 8.84. The second-order valence-corrected chi connectivity index (χ2v) is 9.99. The van der Waals surface area contributed by atoms with E-state index in [1.54, 1.807) is 19.4 Å². The molecule has 2 bridgehead atoms. The number of aryl methyl sites for hydroxylation is 1. The third-order valence-corrected chi connectivity index (χ3v) is 7.56. The molecule has 4 heterocycles. The molecule has 35 heavy (non-hydrogen) atoms. The third-order valence-electron chi connectivity index (χ3n) is 7.34.